The molecule has 0 aromatic carbocycles. The molecule has 1 aliphatic carbocycles. The lowest BCUT2D eigenvalue weighted by Gasteiger charge is -2.47. The van der Waals surface area contributed by atoms with Crippen LogP contribution in [0.25, 0.3) is 0 Å². The van der Waals surface area contributed by atoms with Gasteiger partial charge in [-0.05, 0) is 19.8 Å². The van der Waals surface area contributed by atoms with Crippen LogP contribution in [0.15, 0.2) is 0 Å². The molecule has 0 unspecified atom stereocenters. The number of ether oxygens (including phenoxy) is 3. The molecular weight excluding hydrogens is 276 g/mol. The lowest BCUT2D eigenvalue weighted by Crippen LogP contribution is -2.55. The summed E-state index contributed by atoms with van der Waals surface area (Å²) in [6, 6.07) is 0. The second-order valence-electron chi connectivity index (χ2n) is 6.13. The van der Waals surface area contributed by atoms with Crippen LogP contribution in [0.5, 0.6) is 0 Å². The minimum atomic E-state index is -0.897. The fraction of sp³-hybridized carbons (Fsp3) is 0.867. The number of esters is 1. The maximum absolute atomic E-state index is 11.8. The van der Waals surface area contributed by atoms with Gasteiger partial charge in [-0.3, -0.25) is 9.59 Å². The van der Waals surface area contributed by atoms with Gasteiger partial charge in [-0.25, -0.2) is 0 Å². The minimum absolute atomic E-state index is 0.0727. The van der Waals surface area contributed by atoms with Gasteiger partial charge < -0.3 is 19.3 Å². The van der Waals surface area contributed by atoms with E-state index in [0.717, 1.165) is 25.7 Å². The zero-order chi connectivity index (χ0) is 15.6. The van der Waals surface area contributed by atoms with E-state index >= 15 is 0 Å². The van der Waals surface area contributed by atoms with Gasteiger partial charge in [0.15, 0.2) is 5.79 Å². The zero-order valence-corrected chi connectivity index (χ0v) is 12.8. The van der Waals surface area contributed by atoms with Crippen molar-refractivity contribution in [2.45, 2.75) is 63.9 Å². The van der Waals surface area contributed by atoms with E-state index in [9.17, 15) is 9.59 Å². The predicted molar refractivity (Wildman–Crippen MR) is 73.5 cm³/mol. The molecule has 21 heavy (non-hydrogen) atoms. The van der Waals surface area contributed by atoms with Gasteiger partial charge in [0.2, 0.25) is 0 Å². The van der Waals surface area contributed by atoms with Crippen molar-refractivity contribution in [2.24, 2.45) is 11.8 Å². The number of carbonyl (C=O) groups excluding carboxylic acids is 1. The molecule has 6 nitrogen and oxygen atoms in total. The summed E-state index contributed by atoms with van der Waals surface area (Å²) >= 11 is 0. The molecule has 2 aliphatic rings. The summed E-state index contributed by atoms with van der Waals surface area (Å²) in [5.74, 6) is -2.58. The molecule has 2 rings (SSSR count). The second-order valence-corrected chi connectivity index (χ2v) is 6.13. The second kappa shape index (κ2) is 6.32. The van der Waals surface area contributed by atoms with Crippen molar-refractivity contribution >= 4 is 11.9 Å². The molecule has 0 amide bonds. The molecule has 1 N–H and O–H groups in total. The number of rotatable bonds is 4. The third kappa shape index (κ3) is 3.37. The van der Waals surface area contributed by atoms with Crippen molar-refractivity contribution in [3.8, 4) is 0 Å². The number of hydrogen-bond donors (Lipinski definition) is 1. The first-order valence-corrected chi connectivity index (χ1v) is 7.54. The molecular formula is C15H24O6. The van der Waals surface area contributed by atoms with Crippen LogP contribution in [0.4, 0.5) is 0 Å². The smallest absolute Gasteiger partial charge is 0.311 e. The first-order chi connectivity index (χ1) is 9.88. The summed E-state index contributed by atoms with van der Waals surface area (Å²) in [5, 5.41) is 9.08. The van der Waals surface area contributed by atoms with E-state index in [4.69, 9.17) is 19.3 Å². The molecule has 2 fully saturated rings. The number of methoxy groups -OCH3 is 1. The normalized spacial score (nSPS) is 32.8. The third-order valence-electron chi connectivity index (χ3n) is 4.63. The average Bonchev–Trinajstić information content (AvgIpc) is 2.88. The fourth-order valence-corrected chi connectivity index (χ4v) is 3.40. The van der Waals surface area contributed by atoms with Crippen molar-refractivity contribution in [1.82, 2.24) is 0 Å². The van der Waals surface area contributed by atoms with Crippen LogP contribution in [0.3, 0.4) is 0 Å². The maximum Gasteiger partial charge on any atom is 0.311 e. The van der Waals surface area contributed by atoms with Crippen molar-refractivity contribution in [3.63, 3.8) is 0 Å². The predicted octanol–water partition coefficient (Wildman–Crippen LogP) is 1.96. The molecule has 6 heteroatoms. The number of carbonyl (C=O) groups is 2. The minimum Gasteiger partial charge on any atom is -0.481 e. The summed E-state index contributed by atoms with van der Waals surface area (Å²) in [6.07, 6.45) is 2.60. The van der Waals surface area contributed by atoms with Gasteiger partial charge in [0, 0.05) is 18.8 Å². The Labute approximate surface area is 124 Å². The Balaban J connectivity index is 2.21. The van der Waals surface area contributed by atoms with Crippen LogP contribution in [0, 0.1) is 11.8 Å². The number of hydrogen-bond acceptors (Lipinski definition) is 5. The van der Waals surface area contributed by atoms with Gasteiger partial charge in [0.25, 0.3) is 0 Å². The van der Waals surface area contributed by atoms with Crippen molar-refractivity contribution in [3.05, 3.63) is 0 Å². The van der Waals surface area contributed by atoms with Crippen LogP contribution in [0.1, 0.15) is 46.0 Å². The molecule has 120 valence electrons. The molecule has 1 spiro atoms. The lowest BCUT2D eigenvalue weighted by molar-refractivity contribution is -0.338. The molecule has 4 atom stereocenters. The summed E-state index contributed by atoms with van der Waals surface area (Å²) in [7, 11) is 1.35. The topological polar surface area (TPSA) is 82.1 Å². The van der Waals surface area contributed by atoms with Gasteiger partial charge in [-0.2, -0.15) is 0 Å². The third-order valence-corrected chi connectivity index (χ3v) is 4.63. The van der Waals surface area contributed by atoms with Crippen molar-refractivity contribution in [2.75, 3.05) is 7.11 Å². The number of carboxylic acids is 1. The van der Waals surface area contributed by atoms with Gasteiger partial charge in [0.1, 0.15) is 0 Å². The quantitative estimate of drug-likeness (QED) is 0.799. The van der Waals surface area contributed by atoms with Crippen molar-refractivity contribution in [1.29, 1.82) is 0 Å². The van der Waals surface area contributed by atoms with Crippen LogP contribution in [-0.4, -0.2) is 42.1 Å². The Bertz CT molecular complexity index is 401. The van der Waals surface area contributed by atoms with Gasteiger partial charge >= 0.3 is 11.9 Å². The molecule has 1 saturated heterocycles. The molecule has 0 aromatic rings. The van der Waals surface area contributed by atoms with E-state index in [1.54, 1.807) is 6.92 Å². The van der Waals surface area contributed by atoms with E-state index in [1.165, 1.54) is 7.11 Å². The Kier molecular flexibility index (Phi) is 4.88. The first-order valence-electron chi connectivity index (χ1n) is 7.54. The van der Waals surface area contributed by atoms with Gasteiger partial charge in [-0.1, -0.05) is 6.92 Å². The van der Waals surface area contributed by atoms with Gasteiger partial charge in [-0.15, -0.1) is 0 Å². The molecule has 1 heterocycles. The van der Waals surface area contributed by atoms with E-state index in [2.05, 4.69) is 0 Å². The average molecular weight is 300 g/mol. The van der Waals surface area contributed by atoms with Gasteiger partial charge in [0.05, 0.1) is 31.7 Å². The van der Waals surface area contributed by atoms with E-state index in [0.29, 0.717) is 0 Å². The van der Waals surface area contributed by atoms with Crippen LogP contribution in [-0.2, 0) is 23.8 Å². The SMILES string of the molecule is COC(=O)[C@H](C)[C@H]1OC2(CCCC2)O[C@@H](CC(=O)O)[C@@H]1C. The monoisotopic (exact) mass is 300 g/mol. The highest BCUT2D eigenvalue weighted by molar-refractivity contribution is 5.72. The van der Waals surface area contributed by atoms with Crippen LogP contribution >= 0.6 is 0 Å². The highest BCUT2D eigenvalue weighted by Crippen LogP contribution is 2.44. The van der Waals surface area contributed by atoms with Crippen LogP contribution in [0.2, 0.25) is 0 Å². The molecule has 1 aliphatic heterocycles. The Morgan fingerprint density at radius 3 is 2.48 bits per heavy atom. The summed E-state index contributed by atoms with van der Waals surface area (Å²) in [6.45, 7) is 3.64. The molecule has 0 bridgehead atoms. The summed E-state index contributed by atoms with van der Waals surface area (Å²) in [5.41, 5.74) is 0. The Hall–Kier alpha value is -1.14. The standard InChI is InChI=1S/C15H24O6/c1-9-11(8-12(16)17)20-15(6-4-5-7-15)21-13(9)10(2)14(18)19-3/h9-11,13H,4-8H2,1-3H3,(H,16,17)/t9-,10+,11-,13-/m0/s1. The molecule has 1 saturated carbocycles. The largest absolute Gasteiger partial charge is 0.481 e. The van der Waals surface area contributed by atoms with E-state index < -0.39 is 23.8 Å². The van der Waals surface area contributed by atoms with E-state index in [1.807, 2.05) is 6.92 Å². The van der Waals surface area contributed by atoms with Crippen molar-refractivity contribution < 1.29 is 28.9 Å². The first kappa shape index (κ1) is 16.2. The maximum atomic E-state index is 11.8. The Morgan fingerprint density at radius 1 is 1.33 bits per heavy atom. The molecule has 0 aromatic heterocycles. The Morgan fingerprint density at radius 2 is 1.95 bits per heavy atom. The zero-order valence-electron chi connectivity index (χ0n) is 12.8. The molecule has 0 radical (unpaired) electrons. The van der Waals surface area contributed by atoms with Crippen LogP contribution < -0.4 is 0 Å². The van der Waals surface area contributed by atoms with E-state index in [-0.39, 0.29) is 24.4 Å². The summed E-state index contributed by atoms with van der Waals surface area (Å²) in [4.78, 5) is 22.9. The summed E-state index contributed by atoms with van der Waals surface area (Å²) < 4.78 is 16.9. The fourth-order valence-electron chi connectivity index (χ4n) is 3.40. The lowest BCUT2D eigenvalue weighted by atomic mass is 9.85. The highest BCUT2D eigenvalue weighted by atomic mass is 16.7. The highest BCUT2D eigenvalue weighted by Gasteiger charge is 2.50. The number of carboxylic acid groups (broad SMARTS) is 1. The number of aliphatic carboxylic acids is 1.